The van der Waals surface area contributed by atoms with Gasteiger partial charge < -0.3 is 14.8 Å². The molecule has 0 amide bonds. The number of hydrogen-bond acceptors (Lipinski definition) is 5. The smallest absolute Gasteiger partial charge is 0.187 e. The van der Waals surface area contributed by atoms with E-state index in [9.17, 15) is 4.39 Å². The Balaban J connectivity index is 1.95. The molecule has 0 aliphatic carbocycles. The maximum atomic E-state index is 13.1. The van der Waals surface area contributed by atoms with Crippen LogP contribution in [-0.4, -0.2) is 19.2 Å². The van der Waals surface area contributed by atoms with E-state index >= 15 is 0 Å². The molecule has 0 radical (unpaired) electrons. The lowest BCUT2D eigenvalue weighted by Crippen LogP contribution is -1.93. The zero-order valence-electron chi connectivity index (χ0n) is 15.0. The van der Waals surface area contributed by atoms with E-state index in [0.29, 0.717) is 11.5 Å². The molecule has 0 atom stereocenters. The summed E-state index contributed by atoms with van der Waals surface area (Å²) < 4.78 is 23.8. The second-order valence-corrected chi connectivity index (χ2v) is 6.83. The van der Waals surface area contributed by atoms with Gasteiger partial charge in [-0.2, -0.15) is 0 Å². The number of nitrogens with zero attached hydrogens (tertiary/aromatic N) is 1. The minimum atomic E-state index is -0.257. The van der Waals surface area contributed by atoms with Gasteiger partial charge in [0.1, 0.15) is 5.82 Å². The number of benzene rings is 2. The van der Waals surface area contributed by atoms with E-state index in [0.717, 1.165) is 34.9 Å². The summed E-state index contributed by atoms with van der Waals surface area (Å²) in [6, 6.07) is 12.1. The molecule has 136 valence electrons. The van der Waals surface area contributed by atoms with Crippen LogP contribution in [0.4, 0.5) is 15.2 Å². The first-order chi connectivity index (χ1) is 12.6. The molecular weight excluding hydrogens is 351 g/mol. The molecule has 26 heavy (non-hydrogen) atoms. The fourth-order valence-corrected chi connectivity index (χ4v) is 3.77. The van der Waals surface area contributed by atoms with Crippen LogP contribution in [-0.2, 0) is 6.42 Å². The summed E-state index contributed by atoms with van der Waals surface area (Å²) in [6.07, 6.45) is 1.96. The molecule has 1 N–H and O–H groups in total. The van der Waals surface area contributed by atoms with Gasteiger partial charge in [-0.15, -0.1) is 11.3 Å². The second-order valence-electron chi connectivity index (χ2n) is 5.74. The van der Waals surface area contributed by atoms with Crippen molar-refractivity contribution in [2.45, 2.75) is 19.8 Å². The minimum absolute atomic E-state index is 0.257. The van der Waals surface area contributed by atoms with Crippen LogP contribution in [0.5, 0.6) is 11.5 Å². The van der Waals surface area contributed by atoms with Gasteiger partial charge in [0.25, 0.3) is 0 Å². The van der Waals surface area contributed by atoms with Crippen molar-refractivity contribution in [2.24, 2.45) is 0 Å². The highest BCUT2D eigenvalue weighted by Gasteiger charge is 2.15. The van der Waals surface area contributed by atoms with Gasteiger partial charge in [0.2, 0.25) is 0 Å². The van der Waals surface area contributed by atoms with Crippen LogP contribution in [0.2, 0.25) is 0 Å². The summed E-state index contributed by atoms with van der Waals surface area (Å²) in [7, 11) is 3.24. The summed E-state index contributed by atoms with van der Waals surface area (Å²) in [5, 5.41) is 4.04. The van der Waals surface area contributed by atoms with Crippen molar-refractivity contribution in [1.82, 2.24) is 4.98 Å². The lowest BCUT2D eigenvalue weighted by Gasteiger charge is -2.09. The fraction of sp³-hybridized carbons (Fsp3) is 0.250. The third kappa shape index (κ3) is 3.96. The number of anilines is 2. The van der Waals surface area contributed by atoms with Gasteiger partial charge in [-0.05, 0) is 48.9 Å². The van der Waals surface area contributed by atoms with Crippen molar-refractivity contribution >= 4 is 22.2 Å². The normalized spacial score (nSPS) is 10.6. The minimum Gasteiger partial charge on any atom is -0.493 e. The summed E-state index contributed by atoms with van der Waals surface area (Å²) >= 11 is 1.61. The Kier molecular flexibility index (Phi) is 5.73. The maximum absolute atomic E-state index is 13.1. The van der Waals surface area contributed by atoms with Crippen LogP contribution >= 0.6 is 11.3 Å². The van der Waals surface area contributed by atoms with Gasteiger partial charge in [-0.25, -0.2) is 9.37 Å². The molecule has 0 spiro atoms. The Morgan fingerprint density at radius 1 is 1.04 bits per heavy atom. The number of methoxy groups -OCH3 is 2. The summed E-state index contributed by atoms with van der Waals surface area (Å²) in [5.74, 6) is 1.11. The molecule has 0 unspecified atom stereocenters. The first-order valence-corrected chi connectivity index (χ1v) is 9.21. The average molecular weight is 372 g/mol. The topological polar surface area (TPSA) is 43.4 Å². The van der Waals surface area contributed by atoms with Crippen LogP contribution in [0.3, 0.4) is 0 Å². The number of aryl methyl sites for hydroxylation is 1. The summed E-state index contributed by atoms with van der Waals surface area (Å²) in [4.78, 5) is 5.96. The number of thiazole rings is 1. The SMILES string of the molecule is CCCc1sc(Nc2ccc(F)cc2)nc1-c1ccc(OC)c(OC)c1. The maximum Gasteiger partial charge on any atom is 0.187 e. The second kappa shape index (κ2) is 8.19. The summed E-state index contributed by atoms with van der Waals surface area (Å²) in [5.41, 5.74) is 2.72. The molecule has 0 saturated heterocycles. The van der Waals surface area contributed by atoms with Crippen molar-refractivity contribution < 1.29 is 13.9 Å². The van der Waals surface area contributed by atoms with E-state index in [1.807, 2.05) is 18.2 Å². The molecule has 3 aromatic rings. The van der Waals surface area contributed by atoms with Crippen LogP contribution in [0.1, 0.15) is 18.2 Å². The molecule has 2 aromatic carbocycles. The number of aromatic nitrogens is 1. The largest absolute Gasteiger partial charge is 0.493 e. The number of nitrogens with one attached hydrogen (secondary N) is 1. The lowest BCUT2D eigenvalue weighted by molar-refractivity contribution is 0.355. The average Bonchev–Trinajstić information content (AvgIpc) is 3.05. The highest BCUT2D eigenvalue weighted by molar-refractivity contribution is 7.16. The van der Waals surface area contributed by atoms with E-state index in [1.165, 1.54) is 17.0 Å². The predicted octanol–water partition coefficient (Wildman–Crippen LogP) is 5.66. The van der Waals surface area contributed by atoms with E-state index in [1.54, 1.807) is 37.7 Å². The van der Waals surface area contributed by atoms with Crippen molar-refractivity contribution in [2.75, 3.05) is 19.5 Å². The van der Waals surface area contributed by atoms with Crippen molar-refractivity contribution in [3.63, 3.8) is 0 Å². The van der Waals surface area contributed by atoms with Crippen molar-refractivity contribution in [3.05, 3.63) is 53.2 Å². The van der Waals surface area contributed by atoms with Gasteiger partial charge in [0.15, 0.2) is 16.6 Å². The Morgan fingerprint density at radius 3 is 2.42 bits per heavy atom. The molecule has 3 rings (SSSR count). The molecule has 4 nitrogen and oxygen atoms in total. The number of hydrogen-bond donors (Lipinski definition) is 1. The molecular formula is C20H21FN2O2S. The molecule has 0 bridgehead atoms. The molecule has 0 fully saturated rings. The van der Waals surface area contributed by atoms with Gasteiger partial charge in [0, 0.05) is 16.1 Å². The number of halogens is 1. The third-order valence-corrected chi connectivity index (χ3v) is 4.96. The fourth-order valence-electron chi connectivity index (χ4n) is 2.67. The van der Waals surface area contributed by atoms with E-state index in [4.69, 9.17) is 14.5 Å². The Bertz CT molecular complexity index is 878. The van der Waals surface area contributed by atoms with Crippen molar-refractivity contribution in [3.8, 4) is 22.8 Å². The van der Waals surface area contributed by atoms with Gasteiger partial charge in [0.05, 0.1) is 19.9 Å². The lowest BCUT2D eigenvalue weighted by atomic mass is 10.1. The first kappa shape index (κ1) is 18.2. The highest BCUT2D eigenvalue weighted by Crippen LogP contribution is 2.37. The molecule has 1 heterocycles. The summed E-state index contributed by atoms with van der Waals surface area (Å²) in [6.45, 7) is 2.14. The molecule has 1 aromatic heterocycles. The highest BCUT2D eigenvalue weighted by atomic mass is 32.1. The van der Waals surface area contributed by atoms with Crippen molar-refractivity contribution in [1.29, 1.82) is 0 Å². The zero-order chi connectivity index (χ0) is 18.5. The van der Waals surface area contributed by atoms with Crippen LogP contribution in [0.25, 0.3) is 11.3 Å². The Morgan fingerprint density at radius 2 is 1.77 bits per heavy atom. The Hall–Kier alpha value is -2.60. The van der Waals surface area contributed by atoms with Crippen LogP contribution in [0, 0.1) is 5.82 Å². The van der Waals surface area contributed by atoms with Gasteiger partial charge in [-0.3, -0.25) is 0 Å². The molecule has 0 aliphatic rings. The number of ether oxygens (including phenoxy) is 2. The zero-order valence-corrected chi connectivity index (χ0v) is 15.8. The standard InChI is InChI=1S/C20H21FN2O2S/c1-4-5-18-19(13-6-11-16(24-2)17(12-13)25-3)23-20(26-18)22-15-9-7-14(21)8-10-15/h6-12H,4-5H2,1-3H3,(H,22,23). The third-order valence-electron chi connectivity index (χ3n) is 3.93. The quantitative estimate of drug-likeness (QED) is 0.581. The molecule has 0 saturated carbocycles. The van der Waals surface area contributed by atoms with Crippen LogP contribution < -0.4 is 14.8 Å². The van der Waals surface area contributed by atoms with E-state index in [2.05, 4.69) is 12.2 Å². The van der Waals surface area contributed by atoms with Gasteiger partial charge in [-0.1, -0.05) is 13.3 Å². The van der Waals surface area contributed by atoms with Crippen LogP contribution in [0.15, 0.2) is 42.5 Å². The van der Waals surface area contributed by atoms with E-state index in [-0.39, 0.29) is 5.82 Å². The monoisotopic (exact) mass is 372 g/mol. The molecule has 6 heteroatoms. The number of rotatable bonds is 7. The Labute approximate surface area is 156 Å². The van der Waals surface area contributed by atoms with E-state index < -0.39 is 0 Å². The van der Waals surface area contributed by atoms with Gasteiger partial charge >= 0.3 is 0 Å². The predicted molar refractivity (Wildman–Crippen MR) is 104 cm³/mol. The first-order valence-electron chi connectivity index (χ1n) is 8.39. The molecule has 0 aliphatic heterocycles.